The summed E-state index contributed by atoms with van der Waals surface area (Å²) in [5, 5.41) is 4.57. The van der Waals surface area contributed by atoms with Crippen LogP contribution in [0.15, 0.2) is 36.7 Å². The zero-order valence-corrected chi connectivity index (χ0v) is 16.2. The molecule has 0 N–H and O–H groups in total. The summed E-state index contributed by atoms with van der Waals surface area (Å²) in [4.78, 5) is 0. The van der Waals surface area contributed by atoms with Crippen LogP contribution in [0.4, 0.5) is 0 Å². The van der Waals surface area contributed by atoms with E-state index in [-0.39, 0.29) is 16.7 Å². The van der Waals surface area contributed by atoms with Gasteiger partial charge in [0.2, 0.25) is 0 Å². The summed E-state index contributed by atoms with van der Waals surface area (Å²) in [7, 11) is 1.27. The largest absolute Gasteiger partial charge is 0.498 e. The van der Waals surface area contributed by atoms with E-state index in [9.17, 15) is 0 Å². The number of methoxy groups -OCH3 is 1. The average Bonchev–Trinajstić information content (AvgIpc) is 3.11. The van der Waals surface area contributed by atoms with E-state index in [1.807, 2.05) is 29.2 Å². The van der Waals surface area contributed by atoms with Gasteiger partial charge in [-0.05, 0) is 59.2 Å². The maximum absolute atomic E-state index is 6.12. The molecule has 0 saturated carbocycles. The second kappa shape index (κ2) is 5.89. The Morgan fingerprint density at radius 3 is 2.12 bits per heavy atom. The summed E-state index contributed by atoms with van der Waals surface area (Å²) in [6.45, 7) is 12.5. The van der Waals surface area contributed by atoms with Crippen LogP contribution in [0.25, 0.3) is 0 Å². The highest BCUT2D eigenvalue weighted by Crippen LogP contribution is 2.36. The van der Waals surface area contributed by atoms with Gasteiger partial charge >= 0.3 is 7.12 Å². The normalized spacial score (nSPS) is 19.2. The van der Waals surface area contributed by atoms with Crippen molar-refractivity contribution in [2.75, 3.05) is 7.11 Å². The van der Waals surface area contributed by atoms with Crippen molar-refractivity contribution in [2.45, 2.75) is 58.3 Å². The molecular weight excluding hydrogens is 315 g/mol. The van der Waals surface area contributed by atoms with Crippen LogP contribution in [0.5, 0.6) is 5.75 Å². The van der Waals surface area contributed by atoms with Crippen molar-refractivity contribution in [1.82, 2.24) is 9.78 Å². The number of rotatable bonds is 4. The smallest absolute Gasteiger partial charge is 0.497 e. The molecule has 1 fully saturated rings. The molecule has 0 bridgehead atoms. The highest BCUT2D eigenvalue weighted by molar-refractivity contribution is 6.62. The molecule has 2 heterocycles. The lowest BCUT2D eigenvalue weighted by atomic mass is 9.81. The first kappa shape index (κ1) is 18.0. The number of benzene rings is 1. The summed E-state index contributed by atoms with van der Waals surface area (Å²) < 4.78 is 19.4. The van der Waals surface area contributed by atoms with Crippen molar-refractivity contribution >= 4 is 12.6 Å². The van der Waals surface area contributed by atoms with Crippen LogP contribution in [0.1, 0.15) is 47.1 Å². The zero-order chi connectivity index (χ0) is 18.5. The molecule has 3 rings (SSSR count). The molecule has 0 amide bonds. The zero-order valence-electron chi connectivity index (χ0n) is 16.2. The molecule has 1 aliphatic heterocycles. The minimum Gasteiger partial charge on any atom is -0.497 e. The highest BCUT2D eigenvalue weighted by Gasteiger charge is 2.52. The van der Waals surface area contributed by atoms with Gasteiger partial charge in [-0.25, -0.2) is 0 Å². The fourth-order valence-electron chi connectivity index (χ4n) is 2.87. The van der Waals surface area contributed by atoms with Crippen LogP contribution in [-0.2, 0) is 14.8 Å². The lowest BCUT2D eigenvalue weighted by Crippen LogP contribution is -2.41. The molecule has 1 aromatic heterocycles. The Kier molecular flexibility index (Phi) is 4.24. The molecule has 1 aromatic carbocycles. The minimum absolute atomic E-state index is 0.297. The Hall–Kier alpha value is -1.79. The van der Waals surface area contributed by atoms with Crippen LogP contribution in [-0.4, -0.2) is 35.2 Å². The summed E-state index contributed by atoms with van der Waals surface area (Å²) >= 11 is 0. The van der Waals surface area contributed by atoms with E-state index in [4.69, 9.17) is 14.0 Å². The molecule has 0 radical (unpaired) electrons. The molecule has 2 aromatic rings. The second-order valence-corrected chi connectivity index (χ2v) is 8.09. The molecule has 1 saturated heterocycles. The van der Waals surface area contributed by atoms with Gasteiger partial charge in [-0.3, -0.25) is 4.68 Å². The number of hydrogen-bond donors (Lipinski definition) is 0. The average molecular weight is 342 g/mol. The molecule has 25 heavy (non-hydrogen) atoms. The van der Waals surface area contributed by atoms with E-state index >= 15 is 0 Å². The third-order valence-electron chi connectivity index (χ3n) is 5.50. The third kappa shape index (κ3) is 3.09. The molecule has 0 atom stereocenters. The Morgan fingerprint density at radius 2 is 1.60 bits per heavy atom. The van der Waals surface area contributed by atoms with Gasteiger partial charge in [-0.2, -0.15) is 5.10 Å². The van der Waals surface area contributed by atoms with Crippen LogP contribution >= 0.6 is 0 Å². The Bertz CT molecular complexity index is 734. The molecule has 0 aliphatic carbocycles. The van der Waals surface area contributed by atoms with E-state index in [1.54, 1.807) is 7.11 Å². The van der Waals surface area contributed by atoms with Gasteiger partial charge in [0.05, 0.1) is 23.9 Å². The van der Waals surface area contributed by atoms with Gasteiger partial charge in [-0.15, -0.1) is 0 Å². The van der Waals surface area contributed by atoms with Crippen molar-refractivity contribution in [3.63, 3.8) is 0 Å². The number of aromatic nitrogens is 2. The first-order valence-electron chi connectivity index (χ1n) is 8.62. The molecule has 0 unspecified atom stereocenters. The molecular formula is C19H27BN2O3. The Balaban J connectivity index is 1.85. The van der Waals surface area contributed by atoms with Crippen LogP contribution < -0.4 is 10.2 Å². The van der Waals surface area contributed by atoms with E-state index in [2.05, 4.69) is 58.8 Å². The number of ether oxygens (including phenoxy) is 1. The van der Waals surface area contributed by atoms with Crippen LogP contribution in [0, 0.1) is 0 Å². The monoisotopic (exact) mass is 342 g/mol. The first-order chi connectivity index (χ1) is 11.6. The van der Waals surface area contributed by atoms with E-state index in [0.29, 0.717) is 0 Å². The third-order valence-corrected chi connectivity index (χ3v) is 5.50. The lowest BCUT2D eigenvalue weighted by Gasteiger charge is -2.32. The number of hydrogen-bond acceptors (Lipinski definition) is 4. The predicted molar refractivity (Wildman–Crippen MR) is 99.4 cm³/mol. The predicted octanol–water partition coefficient (Wildman–Crippen LogP) is 2.97. The minimum atomic E-state index is -0.398. The first-order valence-corrected chi connectivity index (χ1v) is 8.62. The summed E-state index contributed by atoms with van der Waals surface area (Å²) in [6.07, 6.45) is 3.83. The van der Waals surface area contributed by atoms with Gasteiger partial charge in [-0.1, -0.05) is 12.1 Å². The molecule has 134 valence electrons. The van der Waals surface area contributed by atoms with Crippen molar-refractivity contribution in [2.24, 2.45) is 0 Å². The van der Waals surface area contributed by atoms with Gasteiger partial charge in [0, 0.05) is 17.9 Å². The van der Waals surface area contributed by atoms with Crippen molar-refractivity contribution in [3.8, 4) is 5.75 Å². The maximum Gasteiger partial charge on any atom is 0.498 e. The molecule has 6 heteroatoms. The standard InChI is InChI=1S/C19H27BN2O3/c1-17(2,14-8-10-16(23-7)11-9-14)22-13-15(12-21-22)20-24-18(3,4)19(5,6)25-20/h8-13H,1-7H3. The van der Waals surface area contributed by atoms with Gasteiger partial charge in [0.25, 0.3) is 0 Å². The Labute approximate surface area is 150 Å². The fourth-order valence-corrected chi connectivity index (χ4v) is 2.87. The van der Waals surface area contributed by atoms with Gasteiger partial charge < -0.3 is 14.0 Å². The SMILES string of the molecule is COc1ccc(C(C)(C)n2cc(B3OC(C)(C)C(C)(C)O3)cn2)cc1. The summed E-state index contributed by atoms with van der Waals surface area (Å²) in [5.74, 6) is 0.845. The lowest BCUT2D eigenvalue weighted by molar-refractivity contribution is 0.00578. The van der Waals surface area contributed by atoms with Gasteiger partial charge in [0.1, 0.15) is 5.75 Å². The van der Waals surface area contributed by atoms with E-state index in [1.165, 1.54) is 0 Å². The van der Waals surface area contributed by atoms with Crippen LogP contribution in [0.2, 0.25) is 0 Å². The molecule has 0 spiro atoms. The summed E-state index contributed by atoms with van der Waals surface area (Å²) in [6, 6.07) is 8.06. The molecule has 1 aliphatic rings. The maximum atomic E-state index is 6.12. The highest BCUT2D eigenvalue weighted by atomic mass is 16.7. The fraction of sp³-hybridized carbons (Fsp3) is 0.526. The summed E-state index contributed by atoms with van der Waals surface area (Å²) in [5.41, 5.74) is 1.07. The molecule has 5 nitrogen and oxygen atoms in total. The van der Waals surface area contributed by atoms with Crippen LogP contribution in [0.3, 0.4) is 0 Å². The van der Waals surface area contributed by atoms with E-state index in [0.717, 1.165) is 16.8 Å². The Morgan fingerprint density at radius 1 is 1.04 bits per heavy atom. The topological polar surface area (TPSA) is 45.5 Å². The van der Waals surface area contributed by atoms with Gasteiger partial charge in [0.15, 0.2) is 0 Å². The van der Waals surface area contributed by atoms with Crippen molar-refractivity contribution < 1.29 is 14.0 Å². The number of nitrogens with zero attached hydrogens (tertiary/aromatic N) is 2. The van der Waals surface area contributed by atoms with Crippen molar-refractivity contribution in [3.05, 3.63) is 42.2 Å². The second-order valence-electron chi connectivity index (χ2n) is 8.09. The quantitative estimate of drug-likeness (QED) is 0.802. The van der Waals surface area contributed by atoms with E-state index < -0.39 is 7.12 Å². The van der Waals surface area contributed by atoms with Crippen molar-refractivity contribution in [1.29, 1.82) is 0 Å².